The molecule has 4 rings (SSSR count). The van der Waals surface area contributed by atoms with Crippen molar-refractivity contribution in [2.24, 2.45) is 0 Å². The molecule has 0 radical (unpaired) electrons. The molecule has 1 saturated heterocycles. The lowest BCUT2D eigenvalue weighted by Crippen LogP contribution is -2.68. The van der Waals surface area contributed by atoms with Crippen LogP contribution in [0.15, 0.2) is 28.6 Å². The van der Waals surface area contributed by atoms with Crippen LogP contribution in [-0.2, 0) is 19.6 Å². The molecule has 1 aliphatic heterocycles. The van der Waals surface area contributed by atoms with Gasteiger partial charge in [0.05, 0.1) is 11.1 Å². The summed E-state index contributed by atoms with van der Waals surface area (Å²) < 4.78 is 53.4. The zero-order valence-corrected chi connectivity index (χ0v) is 20.1. The molecule has 2 N–H and O–H groups in total. The predicted molar refractivity (Wildman–Crippen MR) is 121 cm³/mol. The molecule has 1 aliphatic carbocycles. The van der Waals surface area contributed by atoms with E-state index in [1.54, 1.807) is 5.38 Å². The second-order valence-electron chi connectivity index (χ2n) is 7.96. The molecule has 1 saturated carbocycles. The van der Waals surface area contributed by atoms with Crippen molar-refractivity contribution in [1.29, 1.82) is 0 Å². The summed E-state index contributed by atoms with van der Waals surface area (Å²) in [6, 6.07) is 2.06. The van der Waals surface area contributed by atoms with Gasteiger partial charge in [-0.1, -0.05) is 18.0 Å². The van der Waals surface area contributed by atoms with E-state index in [0.29, 0.717) is 13.0 Å². The van der Waals surface area contributed by atoms with E-state index in [0.717, 1.165) is 49.2 Å². The van der Waals surface area contributed by atoms with E-state index in [-0.39, 0.29) is 40.3 Å². The zero-order valence-electron chi connectivity index (χ0n) is 17.7. The van der Waals surface area contributed by atoms with E-state index in [9.17, 15) is 17.6 Å². The number of nitrogens with zero attached hydrogens (tertiary/aromatic N) is 2. The molecule has 9 nitrogen and oxygen atoms in total. The smallest absolute Gasteiger partial charge is 0.294 e. The molecule has 180 valence electrons. The number of hydrogen-bond acceptors (Lipinski definition) is 9. The Morgan fingerprint density at radius 1 is 1.33 bits per heavy atom. The Hall–Kier alpha value is -1.99. The summed E-state index contributed by atoms with van der Waals surface area (Å²) in [5.41, 5.74) is 0. The fourth-order valence-electron chi connectivity index (χ4n) is 4.22. The van der Waals surface area contributed by atoms with E-state index in [1.165, 1.54) is 6.20 Å². The number of ether oxygens (including phenoxy) is 2. The van der Waals surface area contributed by atoms with E-state index >= 15 is 0 Å². The van der Waals surface area contributed by atoms with Crippen LogP contribution in [-0.4, -0.2) is 62.8 Å². The van der Waals surface area contributed by atoms with Crippen molar-refractivity contribution in [2.45, 2.75) is 55.0 Å². The van der Waals surface area contributed by atoms with E-state index in [1.807, 2.05) is 7.05 Å². The Balaban J connectivity index is 1.51. The number of carbonyl (C=O) groups excluding carboxylic acids is 1. The van der Waals surface area contributed by atoms with Gasteiger partial charge in [0.15, 0.2) is 11.4 Å². The molecule has 0 amide bonds. The van der Waals surface area contributed by atoms with Crippen LogP contribution in [0.2, 0.25) is 5.02 Å². The lowest BCUT2D eigenvalue weighted by molar-refractivity contribution is -0.148. The minimum Gasteiger partial charge on any atom is -0.487 e. The number of anilines is 1. The van der Waals surface area contributed by atoms with Gasteiger partial charge in [-0.25, -0.2) is 17.8 Å². The third kappa shape index (κ3) is 5.24. The lowest BCUT2D eigenvalue weighted by atomic mass is 9.89. The summed E-state index contributed by atoms with van der Waals surface area (Å²) >= 11 is 7.40. The fourth-order valence-corrected chi connectivity index (χ4v) is 6.36. The number of carbonyl (C=O) groups is 1. The number of thiazole rings is 1. The van der Waals surface area contributed by atoms with Gasteiger partial charge in [-0.2, -0.15) is 0 Å². The van der Waals surface area contributed by atoms with Gasteiger partial charge in [0.2, 0.25) is 0 Å². The summed E-state index contributed by atoms with van der Waals surface area (Å²) in [7, 11) is -2.26. The zero-order chi connectivity index (χ0) is 23.6. The van der Waals surface area contributed by atoms with Crippen molar-refractivity contribution in [2.75, 3.05) is 18.3 Å². The van der Waals surface area contributed by atoms with E-state index in [4.69, 9.17) is 21.1 Å². The van der Waals surface area contributed by atoms with Crippen LogP contribution >= 0.6 is 22.9 Å². The number of rotatable bonds is 9. The van der Waals surface area contributed by atoms with Gasteiger partial charge in [0.25, 0.3) is 16.5 Å². The highest BCUT2D eigenvalue weighted by molar-refractivity contribution is 7.93. The van der Waals surface area contributed by atoms with Crippen molar-refractivity contribution in [1.82, 2.24) is 15.2 Å². The quantitative estimate of drug-likeness (QED) is 0.488. The van der Waals surface area contributed by atoms with E-state index in [2.05, 4.69) is 19.9 Å². The molecule has 2 unspecified atom stereocenters. The molecule has 2 heterocycles. The number of sulfonamides is 1. The van der Waals surface area contributed by atoms with Gasteiger partial charge in [0.1, 0.15) is 22.6 Å². The number of halogens is 2. The standard InChI is InChI=1S/C20H24ClFN4O5S2/c1-26(15-10-24-19(15)30-11-27)14-4-2-3-5-16(14)31-17-9-13(22)18(8-12(17)21)33(28,29)25-20-23-6-7-32-20/h6-9,11,14-16,19,24H,2-5,10H2,1H3,(H,23,25)/t14-,15?,16-,19?/m0/s1. The summed E-state index contributed by atoms with van der Waals surface area (Å²) in [5.74, 6) is -0.887. The van der Waals surface area contributed by atoms with Gasteiger partial charge < -0.3 is 9.47 Å². The second kappa shape index (κ2) is 10.1. The van der Waals surface area contributed by atoms with Gasteiger partial charge >= 0.3 is 0 Å². The van der Waals surface area contributed by atoms with Gasteiger partial charge in [-0.3, -0.25) is 19.7 Å². The molecular weight excluding hydrogens is 495 g/mol. The van der Waals surface area contributed by atoms with Crippen molar-refractivity contribution < 1.29 is 27.1 Å². The first kappa shape index (κ1) is 24.1. The largest absolute Gasteiger partial charge is 0.487 e. The van der Waals surface area contributed by atoms with Gasteiger partial charge in [0, 0.05) is 30.2 Å². The molecule has 13 heteroatoms. The SMILES string of the molecule is CN(C1CNC1OC=O)[C@H]1CCCC[C@@H]1Oc1cc(F)c(S(=O)(=O)Nc2nccs2)cc1Cl. The first-order valence-electron chi connectivity index (χ1n) is 10.4. The van der Waals surface area contributed by atoms with Crippen molar-refractivity contribution in [3.63, 3.8) is 0 Å². The average Bonchev–Trinajstić information content (AvgIpc) is 3.26. The predicted octanol–water partition coefficient (Wildman–Crippen LogP) is 2.83. The normalized spacial score (nSPS) is 25.3. The van der Waals surface area contributed by atoms with E-state index < -0.39 is 20.7 Å². The molecule has 0 bridgehead atoms. The first-order valence-corrected chi connectivity index (χ1v) is 13.2. The Kier molecular flexibility index (Phi) is 7.39. The highest BCUT2D eigenvalue weighted by Gasteiger charge is 2.41. The number of nitrogens with one attached hydrogen (secondary N) is 2. The van der Waals surface area contributed by atoms with Gasteiger partial charge in [-0.15, -0.1) is 11.3 Å². The minimum atomic E-state index is -4.20. The Bertz CT molecular complexity index is 1090. The number of hydrogen-bond donors (Lipinski definition) is 2. The average molecular weight is 519 g/mol. The molecule has 2 aliphatic rings. The van der Waals surface area contributed by atoms with Crippen LogP contribution in [0.25, 0.3) is 0 Å². The molecule has 2 fully saturated rings. The van der Waals surface area contributed by atoms with Crippen molar-refractivity contribution in [3.8, 4) is 5.75 Å². The monoisotopic (exact) mass is 518 g/mol. The molecular formula is C20H24ClFN4O5S2. The maximum atomic E-state index is 14.8. The molecule has 1 aromatic carbocycles. The molecule has 33 heavy (non-hydrogen) atoms. The lowest BCUT2D eigenvalue weighted by Gasteiger charge is -2.48. The third-order valence-electron chi connectivity index (χ3n) is 6.00. The van der Waals surface area contributed by atoms with Crippen LogP contribution < -0.4 is 14.8 Å². The van der Waals surface area contributed by atoms with Crippen LogP contribution in [0.4, 0.5) is 9.52 Å². The topological polar surface area (TPSA) is 110 Å². The van der Waals surface area contributed by atoms with Crippen LogP contribution in [0.3, 0.4) is 0 Å². The third-order valence-corrected chi connectivity index (χ3v) is 8.47. The summed E-state index contributed by atoms with van der Waals surface area (Å²) in [4.78, 5) is 16.1. The fraction of sp³-hybridized carbons (Fsp3) is 0.500. The highest BCUT2D eigenvalue weighted by Crippen LogP contribution is 2.35. The molecule has 0 spiro atoms. The Morgan fingerprint density at radius 3 is 2.79 bits per heavy atom. The number of likely N-dealkylation sites (N-methyl/N-ethyl adjacent to an activating group) is 1. The summed E-state index contributed by atoms with van der Waals surface area (Å²) in [6.45, 7) is 1.10. The van der Waals surface area contributed by atoms with Crippen molar-refractivity contribution >= 4 is 44.6 Å². The second-order valence-corrected chi connectivity index (χ2v) is 10.9. The van der Waals surface area contributed by atoms with Crippen molar-refractivity contribution in [3.05, 3.63) is 34.5 Å². The van der Waals surface area contributed by atoms with Crippen LogP contribution in [0, 0.1) is 5.82 Å². The highest BCUT2D eigenvalue weighted by atomic mass is 35.5. The maximum absolute atomic E-state index is 14.8. The summed E-state index contributed by atoms with van der Waals surface area (Å²) in [5, 5.41) is 4.78. The number of aromatic nitrogens is 1. The summed E-state index contributed by atoms with van der Waals surface area (Å²) in [6.07, 6.45) is 4.31. The Labute approximate surface area is 200 Å². The molecule has 2 aromatic rings. The van der Waals surface area contributed by atoms with Crippen LogP contribution in [0.5, 0.6) is 5.75 Å². The Morgan fingerprint density at radius 2 is 2.12 bits per heavy atom. The minimum absolute atomic E-state index is 0.000984. The van der Waals surface area contributed by atoms with Crippen LogP contribution in [0.1, 0.15) is 25.7 Å². The maximum Gasteiger partial charge on any atom is 0.294 e. The first-order chi connectivity index (χ1) is 15.8. The molecule has 1 aromatic heterocycles. The van der Waals surface area contributed by atoms with Gasteiger partial charge in [-0.05, 0) is 32.4 Å². The molecule has 4 atom stereocenters. The number of benzene rings is 1.